The van der Waals surface area contributed by atoms with Gasteiger partial charge in [0.1, 0.15) is 0 Å². The van der Waals surface area contributed by atoms with Crippen molar-refractivity contribution in [3.05, 3.63) is 47.2 Å². The fraction of sp³-hybridized carbons (Fsp3) is 0.312. The van der Waals surface area contributed by atoms with Crippen molar-refractivity contribution in [1.29, 1.82) is 0 Å². The van der Waals surface area contributed by atoms with Crippen LogP contribution in [0.5, 0.6) is 0 Å². The van der Waals surface area contributed by atoms with Crippen LogP contribution in [0, 0.1) is 0 Å². The summed E-state index contributed by atoms with van der Waals surface area (Å²) in [7, 11) is 0. The predicted molar refractivity (Wildman–Crippen MR) is 84.6 cm³/mol. The van der Waals surface area contributed by atoms with Gasteiger partial charge in [-0.25, -0.2) is 0 Å². The minimum atomic E-state index is -0.0428. The SMILES string of the molecule is CC(=O)c1ccc(N2CCN(c3cccc(Cl)c3)CC2)o1. The van der Waals surface area contributed by atoms with Crippen LogP contribution >= 0.6 is 11.6 Å². The average Bonchev–Trinajstić information content (AvgIpc) is 2.97. The smallest absolute Gasteiger partial charge is 0.196 e. The van der Waals surface area contributed by atoms with Crippen molar-refractivity contribution in [3.8, 4) is 0 Å². The van der Waals surface area contributed by atoms with Crippen LogP contribution in [-0.4, -0.2) is 32.0 Å². The number of hydrogen-bond acceptors (Lipinski definition) is 4. The number of carbonyl (C=O) groups excluding carboxylic acids is 1. The zero-order chi connectivity index (χ0) is 14.8. The topological polar surface area (TPSA) is 36.7 Å². The maximum absolute atomic E-state index is 11.3. The molecule has 0 aliphatic carbocycles. The van der Waals surface area contributed by atoms with Crippen LogP contribution in [-0.2, 0) is 0 Å². The summed E-state index contributed by atoms with van der Waals surface area (Å²) in [5.41, 5.74) is 1.14. The van der Waals surface area contributed by atoms with Gasteiger partial charge in [0.15, 0.2) is 17.4 Å². The van der Waals surface area contributed by atoms with Crippen molar-refractivity contribution in [2.24, 2.45) is 0 Å². The van der Waals surface area contributed by atoms with E-state index in [2.05, 4.69) is 15.9 Å². The molecule has 0 amide bonds. The first kappa shape index (κ1) is 14.0. The third kappa shape index (κ3) is 3.05. The van der Waals surface area contributed by atoms with Gasteiger partial charge in [-0.05, 0) is 24.3 Å². The van der Waals surface area contributed by atoms with Crippen LogP contribution in [0.25, 0.3) is 0 Å². The van der Waals surface area contributed by atoms with Crippen molar-refractivity contribution in [3.63, 3.8) is 0 Å². The number of benzene rings is 1. The fourth-order valence-electron chi connectivity index (χ4n) is 2.54. The molecule has 0 bridgehead atoms. The molecule has 2 heterocycles. The summed E-state index contributed by atoms with van der Waals surface area (Å²) in [6, 6.07) is 11.5. The Balaban J connectivity index is 1.66. The van der Waals surface area contributed by atoms with Gasteiger partial charge in [-0.3, -0.25) is 4.79 Å². The Labute approximate surface area is 128 Å². The summed E-state index contributed by atoms with van der Waals surface area (Å²) >= 11 is 6.04. The van der Waals surface area contributed by atoms with E-state index in [1.165, 1.54) is 6.92 Å². The van der Waals surface area contributed by atoms with Crippen molar-refractivity contribution in [2.45, 2.75) is 6.92 Å². The van der Waals surface area contributed by atoms with Crippen LogP contribution in [0.4, 0.5) is 11.6 Å². The first-order chi connectivity index (χ1) is 10.1. The van der Waals surface area contributed by atoms with E-state index in [1.54, 1.807) is 6.07 Å². The fourth-order valence-corrected chi connectivity index (χ4v) is 2.73. The lowest BCUT2D eigenvalue weighted by Crippen LogP contribution is -2.46. The Morgan fingerprint density at radius 1 is 1.10 bits per heavy atom. The largest absolute Gasteiger partial charge is 0.437 e. The van der Waals surface area contributed by atoms with E-state index in [-0.39, 0.29) is 5.78 Å². The molecule has 0 N–H and O–H groups in total. The monoisotopic (exact) mass is 304 g/mol. The zero-order valence-electron chi connectivity index (χ0n) is 11.9. The minimum absolute atomic E-state index is 0.0428. The molecular formula is C16H17ClN2O2. The Kier molecular flexibility index (Phi) is 3.88. The van der Waals surface area contributed by atoms with Gasteiger partial charge in [0.25, 0.3) is 0 Å². The first-order valence-corrected chi connectivity index (χ1v) is 7.37. The molecule has 5 heteroatoms. The summed E-state index contributed by atoms with van der Waals surface area (Å²) < 4.78 is 5.58. The van der Waals surface area contributed by atoms with E-state index in [9.17, 15) is 4.79 Å². The normalized spacial score (nSPS) is 15.3. The molecule has 4 nitrogen and oxygen atoms in total. The molecule has 0 saturated carbocycles. The van der Waals surface area contributed by atoms with Crippen LogP contribution in [0.2, 0.25) is 5.02 Å². The summed E-state index contributed by atoms with van der Waals surface area (Å²) in [4.78, 5) is 15.7. The van der Waals surface area contributed by atoms with Gasteiger partial charge in [0.05, 0.1) is 0 Å². The van der Waals surface area contributed by atoms with E-state index in [0.29, 0.717) is 5.76 Å². The third-order valence-electron chi connectivity index (χ3n) is 3.70. The summed E-state index contributed by atoms with van der Waals surface area (Å²) in [6.45, 7) is 5.03. The molecule has 0 atom stereocenters. The third-order valence-corrected chi connectivity index (χ3v) is 3.94. The number of ketones is 1. The summed E-state index contributed by atoms with van der Waals surface area (Å²) in [6.07, 6.45) is 0. The van der Waals surface area contributed by atoms with E-state index in [1.807, 2.05) is 24.3 Å². The predicted octanol–water partition coefficient (Wildman–Crippen LogP) is 3.46. The highest BCUT2D eigenvalue weighted by Crippen LogP contribution is 2.24. The Bertz CT molecular complexity index is 645. The second-order valence-corrected chi connectivity index (χ2v) is 5.58. The molecule has 21 heavy (non-hydrogen) atoms. The van der Waals surface area contributed by atoms with Gasteiger partial charge in [-0.1, -0.05) is 17.7 Å². The quantitative estimate of drug-likeness (QED) is 0.814. The van der Waals surface area contributed by atoms with Gasteiger partial charge < -0.3 is 14.2 Å². The molecule has 1 saturated heterocycles. The van der Waals surface area contributed by atoms with Crippen LogP contribution < -0.4 is 9.80 Å². The average molecular weight is 305 g/mol. The highest BCUT2D eigenvalue weighted by Gasteiger charge is 2.20. The minimum Gasteiger partial charge on any atom is -0.437 e. The Morgan fingerprint density at radius 3 is 2.43 bits per heavy atom. The molecule has 1 aromatic carbocycles. The maximum atomic E-state index is 11.3. The highest BCUT2D eigenvalue weighted by molar-refractivity contribution is 6.30. The molecule has 1 aromatic heterocycles. The van der Waals surface area contributed by atoms with Crippen molar-refractivity contribution in [2.75, 3.05) is 36.0 Å². The second-order valence-electron chi connectivity index (χ2n) is 5.15. The molecule has 1 aliphatic rings. The molecule has 2 aromatic rings. The molecule has 1 aliphatic heterocycles. The van der Waals surface area contributed by atoms with Crippen molar-refractivity contribution < 1.29 is 9.21 Å². The van der Waals surface area contributed by atoms with E-state index in [0.717, 1.165) is 42.8 Å². The van der Waals surface area contributed by atoms with E-state index in [4.69, 9.17) is 16.0 Å². The number of Topliss-reactive ketones (excluding diaryl/α,β-unsaturated/α-hetero) is 1. The number of carbonyl (C=O) groups is 1. The van der Waals surface area contributed by atoms with Gasteiger partial charge in [-0.15, -0.1) is 0 Å². The molecule has 0 radical (unpaired) electrons. The molecule has 0 spiro atoms. The lowest BCUT2D eigenvalue weighted by molar-refractivity contribution is 0.0987. The Hall–Kier alpha value is -1.94. The molecule has 0 unspecified atom stereocenters. The molecule has 110 valence electrons. The summed E-state index contributed by atoms with van der Waals surface area (Å²) in [5.74, 6) is 1.15. The van der Waals surface area contributed by atoms with E-state index < -0.39 is 0 Å². The molecular weight excluding hydrogens is 288 g/mol. The van der Waals surface area contributed by atoms with Crippen molar-refractivity contribution in [1.82, 2.24) is 0 Å². The maximum Gasteiger partial charge on any atom is 0.196 e. The molecule has 1 fully saturated rings. The van der Waals surface area contributed by atoms with Crippen LogP contribution in [0.3, 0.4) is 0 Å². The standard InChI is InChI=1S/C16H17ClN2O2/c1-12(20)15-5-6-16(21-15)19-9-7-18(8-10-19)14-4-2-3-13(17)11-14/h2-6,11H,7-10H2,1H3. The Morgan fingerprint density at radius 2 is 1.81 bits per heavy atom. The summed E-state index contributed by atoms with van der Waals surface area (Å²) in [5, 5.41) is 0.757. The zero-order valence-corrected chi connectivity index (χ0v) is 12.6. The van der Waals surface area contributed by atoms with Gasteiger partial charge in [0.2, 0.25) is 0 Å². The van der Waals surface area contributed by atoms with E-state index >= 15 is 0 Å². The lowest BCUT2D eigenvalue weighted by Gasteiger charge is -2.36. The van der Waals surface area contributed by atoms with Gasteiger partial charge >= 0.3 is 0 Å². The van der Waals surface area contributed by atoms with Gasteiger partial charge in [-0.2, -0.15) is 0 Å². The second kappa shape index (κ2) is 5.82. The number of halogens is 1. The van der Waals surface area contributed by atoms with Crippen LogP contribution in [0.15, 0.2) is 40.8 Å². The number of rotatable bonds is 3. The van der Waals surface area contributed by atoms with Crippen molar-refractivity contribution >= 4 is 29.0 Å². The number of hydrogen-bond donors (Lipinski definition) is 0. The van der Waals surface area contributed by atoms with Crippen LogP contribution in [0.1, 0.15) is 17.5 Å². The lowest BCUT2D eigenvalue weighted by atomic mass is 10.2. The number of anilines is 2. The molecule has 3 rings (SSSR count). The number of piperazine rings is 1. The van der Waals surface area contributed by atoms with Gasteiger partial charge in [0, 0.05) is 49.9 Å². The highest BCUT2D eigenvalue weighted by atomic mass is 35.5. The first-order valence-electron chi connectivity index (χ1n) is 7.00. The number of furan rings is 1. The number of nitrogens with zero attached hydrogens (tertiary/aromatic N) is 2.